The molecule has 2 N–H and O–H groups in total. The summed E-state index contributed by atoms with van der Waals surface area (Å²) >= 11 is 0. The zero-order valence-corrected chi connectivity index (χ0v) is 6.37. The maximum absolute atomic E-state index is 12.4. The number of nitrogens with two attached hydrogens (primary N) is 1. The molecule has 0 aliphatic heterocycles. The Labute approximate surface area is 68.2 Å². The van der Waals surface area contributed by atoms with Gasteiger partial charge in [-0.1, -0.05) is 0 Å². The van der Waals surface area contributed by atoms with Crippen LogP contribution in [0.2, 0.25) is 0 Å². The van der Waals surface area contributed by atoms with Crippen LogP contribution in [-0.2, 0) is 4.79 Å². The van der Waals surface area contributed by atoms with Gasteiger partial charge in [0.1, 0.15) is 5.82 Å². The highest BCUT2D eigenvalue weighted by Crippen LogP contribution is 2.17. The molecule has 1 aromatic rings. The van der Waals surface area contributed by atoms with E-state index in [9.17, 15) is 9.18 Å². The third-order valence-corrected chi connectivity index (χ3v) is 1.09. The van der Waals surface area contributed by atoms with E-state index in [0.29, 0.717) is 0 Å². The summed E-state index contributed by atoms with van der Waals surface area (Å²) in [5.74, 6) is -1.17. The number of nitrogen functional groups attached to an aromatic ring is 1. The molecule has 0 unspecified atom stereocenters. The molecule has 0 aromatic carbocycles. The first-order valence-electron chi connectivity index (χ1n) is 3.19. The van der Waals surface area contributed by atoms with E-state index in [1.54, 1.807) is 0 Å². The van der Waals surface area contributed by atoms with Gasteiger partial charge in [0, 0.05) is 13.0 Å². The molecule has 0 aliphatic rings. The molecular weight excluding hydrogens is 163 g/mol. The van der Waals surface area contributed by atoms with Gasteiger partial charge in [-0.05, 0) is 0 Å². The summed E-state index contributed by atoms with van der Waals surface area (Å²) in [6.45, 7) is 1.21. The van der Waals surface area contributed by atoms with Gasteiger partial charge in [-0.2, -0.15) is 0 Å². The summed E-state index contributed by atoms with van der Waals surface area (Å²) in [7, 11) is 0. The van der Waals surface area contributed by atoms with Crippen molar-refractivity contribution < 1.29 is 13.9 Å². The lowest BCUT2D eigenvalue weighted by molar-refractivity contribution is -0.132. The van der Waals surface area contributed by atoms with Crippen LogP contribution in [0.4, 0.5) is 10.1 Å². The van der Waals surface area contributed by atoms with Crippen molar-refractivity contribution in [1.82, 2.24) is 4.98 Å². The predicted molar refractivity (Wildman–Crippen MR) is 39.9 cm³/mol. The van der Waals surface area contributed by atoms with Crippen molar-refractivity contribution in [2.75, 3.05) is 5.73 Å². The van der Waals surface area contributed by atoms with Crippen LogP contribution in [0.25, 0.3) is 0 Å². The monoisotopic (exact) mass is 170 g/mol. The van der Waals surface area contributed by atoms with E-state index in [4.69, 9.17) is 5.73 Å². The average Bonchev–Trinajstić information content (AvgIpc) is 1.94. The maximum atomic E-state index is 12.4. The number of hydrogen-bond donors (Lipinski definition) is 1. The highest BCUT2D eigenvalue weighted by Gasteiger charge is 2.05. The Bertz CT molecular complexity index is 314. The van der Waals surface area contributed by atoms with Gasteiger partial charge in [0.15, 0.2) is 0 Å². The smallest absolute Gasteiger partial charge is 0.309 e. The van der Waals surface area contributed by atoms with Crippen LogP contribution >= 0.6 is 0 Å². The van der Waals surface area contributed by atoms with Crippen LogP contribution in [0.1, 0.15) is 6.92 Å². The fourth-order valence-corrected chi connectivity index (χ4v) is 0.664. The Hall–Kier alpha value is -1.65. The lowest BCUT2D eigenvalue weighted by Crippen LogP contribution is -2.05. The van der Waals surface area contributed by atoms with Gasteiger partial charge < -0.3 is 10.5 Å². The summed E-state index contributed by atoms with van der Waals surface area (Å²) in [5, 5.41) is 0. The molecule has 0 aliphatic carbocycles. The molecule has 4 nitrogen and oxygen atoms in total. The van der Waals surface area contributed by atoms with E-state index in [-0.39, 0.29) is 11.6 Å². The molecule has 12 heavy (non-hydrogen) atoms. The number of pyridine rings is 1. The Morgan fingerprint density at radius 1 is 1.75 bits per heavy atom. The number of ether oxygens (including phenoxy) is 1. The normalized spacial score (nSPS) is 9.50. The Morgan fingerprint density at radius 2 is 2.42 bits per heavy atom. The number of halogens is 1. The van der Waals surface area contributed by atoms with Crippen molar-refractivity contribution in [3.8, 4) is 5.88 Å². The Morgan fingerprint density at radius 3 is 2.92 bits per heavy atom. The molecule has 0 amide bonds. The fraction of sp³-hybridized carbons (Fsp3) is 0.143. The molecule has 0 fully saturated rings. The molecule has 0 spiro atoms. The van der Waals surface area contributed by atoms with Crippen molar-refractivity contribution in [2.24, 2.45) is 0 Å². The number of carbonyl (C=O) groups excluding carboxylic acids is 1. The quantitative estimate of drug-likeness (QED) is 0.631. The second-order valence-electron chi connectivity index (χ2n) is 2.14. The van der Waals surface area contributed by atoms with E-state index < -0.39 is 11.8 Å². The highest BCUT2D eigenvalue weighted by atomic mass is 19.1. The molecule has 1 heterocycles. The number of esters is 1. The van der Waals surface area contributed by atoms with E-state index in [0.717, 1.165) is 12.3 Å². The van der Waals surface area contributed by atoms with Crippen molar-refractivity contribution in [2.45, 2.75) is 6.92 Å². The van der Waals surface area contributed by atoms with Crippen molar-refractivity contribution in [3.63, 3.8) is 0 Å². The number of aromatic nitrogens is 1. The molecular formula is C7H7FN2O2. The Balaban J connectivity index is 2.93. The van der Waals surface area contributed by atoms with Crippen LogP contribution in [0.15, 0.2) is 12.3 Å². The van der Waals surface area contributed by atoms with E-state index in [1.807, 2.05) is 0 Å². The third-order valence-electron chi connectivity index (χ3n) is 1.09. The zero-order valence-electron chi connectivity index (χ0n) is 6.37. The van der Waals surface area contributed by atoms with Crippen LogP contribution in [-0.4, -0.2) is 11.0 Å². The number of hydrogen-bond acceptors (Lipinski definition) is 4. The standard InChI is InChI=1S/C7H7FN2O2/c1-4(11)12-7-6(9)2-5(8)3-10-7/h2-3H,9H2,1H3. The average molecular weight is 170 g/mol. The molecule has 0 saturated heterocycles. The number of nitrogens with zero attached hydrogens (tertiary/aromatic N) is 1. The van der Waals surface area contributed by atoms with Crippen molar-refractivity contribution >= 4 is 11.7 Å². The number of rotatable bonds is 1. The number of anilines is 1. The van der Waals surface area contributed by atoms with Gasteiger partial charge in [-0.25, -0.2) is 9.37 Å². The lowest BCUT2D eigenvalue weighted by Gasteiger charge is -2.02. The maximum Gasteiger partial charge on any atom is 0.309 e. The fourth-order valence-electron chi connectivity index (χ4n) is 0.664. The molecule has 0 saturated carbocycles. The predicted octanol–water partition coefficient (Wildman–Crippen LogP) is 0.728. The minimum Gasteiger partial charge on any atom is -0.405 e. The van der Waals surface area contributed by atoms with Gasteiger partial charge in [-0.3, -0.25) is 4.79 Å². The minimum absolute atomic E-state index is 0.00481. The van der Waals surface area contributed by atoms with E-state index in [2.05, 4.69) is 9.72 Å². The van der Waals surface area contributed by atoms with E-state index in [1.165, 1.54) is 6.92 Å². The Kier molecular flexibility index (Phi) is 2.23. The first kappa shape index (κ1) is 8.45. The molecule has 0 bridgehead atoms. The van der Waals surface area contributed by atoms with Gasteiger partial charge in [0.05, 0.1) is 11.9 Å². The van der Waals surface area contributed by atoms with Crippen molar-refractivity contribution in [3.05, 3.63) is 18.1 Å². The van der Waals surface area contributed by atoms with Gasteiger partial charge in [-0.15, -0.1) is 0 Å². The summed E-state index contributed by atoms with van der Waals surface area (Å²) in [6.07, 6.45) is 0.925. The molecule has 64 valence electrons. The molecule has 0 radical (unpaired) electrons. The highest BCUT2D eigenvalue weighted by molar-refractivity contribution is 5.70. The topological polar surface area (TPSA) is 65.2 Å². The first-order valence-corrected chi connectivity index (χ1v) is 3.19. The lowest BCUT2D eigenvalue weighted by atomic mass is 10.4. The second kappa shape index (κ2) is 3.17. The van der Waals surface area contributed by atoms with Crippen LogP contribution in [0.3, 0.4) is 0 Å². The summed E-state index contributed by atoms with van der Waals surface area (Å²) in [4.78, 5) is 13.9. The summed E-state index contributed by atoms with van der Waals surface area (Å²) < 4.78 is 17.0. The number of carbonyl (C=O) groups is 1. The largest absolute Gasteiger partial charge is 0.405 e. The molecule has 1 aromatic heterocycles. The summed E-state index contributed by atoms with van der Waals surface area (Å²) in [6, 6.07) is 1.03. The van der Waals surface area contributed by atoms with Crippen LogP contribution < -0.4 is 10.5 Å². The summed E-state index contributed by atoms with van der Waals surface area (Å²) in [5.41, 5.74) is 5.29. The molecule has 0 atom stereocenters. The first-order chi connectivity index (χ1) is 5.59. The molecule has 5 heteroatoms. The second-order valence-corrected chi connectivity index (χ2v) is 2.14. The zero-order chi connectivity index (χ0) is 9.14. The van der Waals surface area contributed by atoms with Gasteiger partial charge in [0.2, 0.25) is 5.88 Å². The van der Waals surface area contributed by atoms with Crippen LogP contribution in [0.5, 0.6) is 5.88 Å². The van der Waals surface area contributed by atoms with Gasteiger partial charge in [0.25, 0.3) is 0 Å². The molecule has 1 rings (SSSR count). The van der Waals surface area contributed by atoms with Gasteiger partial charge >= 0.3 is 5.97 Å². The van der Waals surface area contributed by atoms with E-state index >= 15 is 0 Å². The third kappa shape index (κ3) is 1.91. The van der Waals surface area contributed by atoms with Crippen molar-refractivity contribution in [1.29, 1.82) is 0 Å². The van der Waals surface area contributed by atoms with Crippen LogP contribution in [0, 0.1) is 5.82 Å². The minimum atomic E-state index is -0.566. The SMILES string of the molecule is CC(=O)Oc1ncc(F)cc1N.